The Morgan fingerprint density at radius 2 is 2.00 bits per heavy atom. The zero-order valence-corrected chi connectivity index (χ0v) is 6.36. The van der Waals surface area contributed by atoms with E-state index >= 15 is 0 Å². The fourth-order valence-corrected chi connectivity index (χ4v) is 1.17. The summed E-state index contributed by atoms with van der Waals surface area (Å²) in [5, 5.41) is 0. The lowest BCUT2D eigenvalue weighted by Crippen LogP contribution is -1.82. The lowest BCUT2D eigenvalue weighted by atomic mass is 10.4. The molecule has 0 bridgehead atoms. The summed E-state index contributed by atoms with van der Waals surface area (Å²) in [6.45, 7) is 0. The van der Waals surface area contributed by atoms with E-state index in [1.807, 2.05) is 0 Å². The average molecular weight is 167 g/mol. The first kappa shape index (κ1) is 7.78. The van der Waals surface area contributed by atoms with Crippen LogP contribution in [0.15, 0.2) is 39.7 Å². The van der Waals surface area contributed by atoms with Crippen LogP contribution in [-0.2, 0) is 11.0 Å². The van der Waals surface area contributed by atoms with Gasteiger partial charge in [-0.2, -0.15) is 0 Å². The molecule has 0 fully saturated rings. The topological polar surface area (TPSA) is 65.8 Å². The molecule has 0 spiro atoms. The zero-order chi connectivity index (χ0) is 8.10. The SMILES string of the molecule is [N-]=[N+]=NS(=O)c1ccccc1. The van der Waals surface area contributed by atoms with Gasteiger partial charge in [0, 0.05) is 14.3 Å². The summed E-state index contributed by atoms with van der Waals surface area (Å²) in [6.07, 6.45) is 0. The van der Waals surface area contributed by atoms with Gasteiger partial charge in [0.05, 0.1) is 0 Å². The molecule has 1 rings (SSSR count). The van der Waals surface area contributed by atoms with Gasteiger partial charge in [0.2, 0.25) is 0 Å². The molecule has 11 heavy (non-hydrogen) atoms. The van der Waals surface area contributed by atoms with Crippen LogP contribution in [-0.4, -0.2) is 4.21 Å². The number of hydrogen-bond acceptors (Lipinski definition) is 1. The van der Waals surface area contributed by atoms with Gasteiger partial charge in [-0.05, 0) is 17.7 Å². The summed E-state index contributed by atoms with van der Waals surface area (Å²) in [4.78, 5) is 2.96. The predicted octanol–water partition coefficient (Wildman–Crippen LogP) is 2.02. The summed E-state index contributed by atoms with van der Waals surface area (Å²) in [6, 6.07) is 8.56. The van der Waals surface area contributed by atoms with Crippen LogP contribution in [0.3, 0.4) is 0 Å². The second-order valence-electron chi connectivity index (χ2n) is 1.73. The molecular formula is C6H5N3OS. The van der Waals surface area contributed by atoms with E-state index in [0.29, 0.717) is 4.90 Å². The Labute approximate surface area is 66.1 Å². The van der Waals surface area contributed by atoms with Crippen molar-refractivity contribution in [1.82, 2.24) is 0 Å². The van der Waals surface area contributed by atoms with Crippen LogP contribution in [0.2, 0.25) is 0 Å². The standard InChI is InChI=1S/C6H5N3OS/c7-8-9-11(10)6-4-2-1-3-5-6/h1-5H. The van der Waals surface area contributed by atoms with Crippen LogP contribution in [0.5, 0.6) is 0 Å². The number of nitrogens with zero attached hydrogens (tertiary/aromatic N) is 3. The van der Waals surface area contributed by atoms with Crippen molar-refractivity contribution in [2.24, 2.45) is 4.52 Å². The van der Waals surface area contributed by atoms with Gasteiger partial charge in [0.1, 0.15) is 11.0 Å². The number of benzene rings is 1. The Morgan fingerprint density at radius 3 is 2.55 bits per heavy atom. The van der Waals surface area contributed by atoms with Crippen molar-refractivity contribution in [2.75, 3.05) is 0 Å². The molecule has 0 heterocycles. The monoisotopic (exact) mass is 167 g/mol. The summed E-state index contributed by atoms with van der Waals surface area (Å²) in [5.41, 5.74) is 7.96. The molecule has 0 aromatic heterocycles. The molecule has 1 atom stereocenters. The quantitative estimate of drug-likeness (QED) is 0.377. The second-order valence-corrected chi connectivity index (χ2v) is 2.87. The van der Waals surface area contributed by atoms with Crippen molar-refractivity contribution in [1.29, 1.82) is 0 Å². The second kappa shape index (κ2) is 3.75. The maximum atomic E-state index is 10.9. The highest BCUT2D eigenvalue weighted by Crippen LogP contribution is 2.05. The fourth-order valence-electron chi connectivity index (χ4n) is 0.617. The highest BCUT2D eigenvalue weighted by atomic mass is 32.2. The van der Waals surface area contributed by atoms with Crippen molar-refractivity contribution in [3.8, 4) is 0 Å². The normalized spacial score (nSPS) is 11.6. The number of rotatable bonds is 2. The Bertz CT molecular complexity index is 305. The molecule has 1 unspecified atom stereocenters. The van der Waals surface area contributed by atoms with Crippen LogP contribution < -0.4 is 0 Å². The maximum absolute atomic E-state index is 10.9. The highest BCUT2D eigenvalue weighted by molar-refractivity contribution is 7.83. The third-order valence-electron chi connectivity index (χ3n) is 1.06. The van der Waals surface area contributed by atoms with E-state index in [0.717, 1.165) is 0 Å². The van der Waals surface area contributed by atoms with Gasteiger partial charge in [-0.25, -0.2) is 4.21 Å². The van der Waals surface area contributed by atoms with Gasteiger partial charge in [0.15, 0.2) is 0 Å². The van der Waals surface area contributed by atoms with E-state index in [9.17, 15) is 4.21 Å². The number of azide groups is 1. The molecule has 4 nitrogen and oxygen atoms in total. The first-order valence-electron chi connectivity index (χ1n) is 2.86. The smallest absolute Gasteiger partial charge is 0.144 e. The Hall–Kier alpha value is -1.32. The molecule has 0 amide bonds. The highest BCUT2D eigenvalue weighted by Gasteiger charge is 1.96. The summed E-state index contributed by atoms with van der Waals surface area (Å²) in [5.74, 6) is 0. The van der Waals surface area contributed by atoms with Gasteiger partial charge in [-0.1, -0.05) is 18.2 Å². The first-order chi connectivity index (χ1) is 5.34. The molecule has 1 aromatic carbocycles. The molecule has 0 saturated heterocycles. The van der Waals surface area contributed by atoms with E-state index in [2.05, 4.69) is 9.43 Å². The number of hydrogen-bond donors (Lipinski definition) is 0. The molecule has 0 aliphatic heterocycles. The third-order valence-corrected chi connectivity index (χ3v) is 1.95. The van der Waals surface area contributed by atoms with Gasteiger partial charge in [-0.15, -0.1) is 0 Å². The van der Waals surface area contributed by atoms with Crippen LogP contribution in [0.25, 0.3) is 10.4 Å². The minimum Gasteiger partial charge on any atom is -0.247 e. The molecule has 5 heteroatoms. The van der Waals surface area contributed by atoms with Crippen molar-refractivity contribution in [3.05, 3.63) is 40.8 Å². The Morgan fingerprint density at radius 1 is 1.36 bits per heavy atom. The molecule has 0 radical (unpaired) electrons. The molecule has 56 valence electrons. The fraction of sp³-hybridized carbons (Fsp3) is 0. The summed E-state index contributed by atoms with van der Waals surface area (Å²) < 4.78 is 14.0. The molecule has 1 aromatic rings. The van der Waals surface area contributed by atoms with E-state index in [-0.39, 0.29) is 0 Å². The van der Waals surface area contributed by atoms with E-state index in [4.69, 9.17) is 5.53 Å². The van der Waals surface area contributed by atoms with E-state index < -0.39 is 11.0 Å². The minimum absolute atomic E-state index is 0.519. The van der Waals surface area contributed by atoms with Gasteiger partial charge >= 0.3 is 0 Å². The predicted molar refractivity (Wildman–Crippen MR) is 42.0 cm³/mol. The largest absolute Gasteiger partial charge is 0.247 e. The molecule has 0 saturated carbocycles. The Balaban J connectivity index is 2.94. The van der Waals surface area contributed by atoms with Crippen LogP contribution in [0.4, 0.5) is 0 Å². The van der Waals surface area contributed by atoms with Crippen LogP contribution >= 0.6 is 0 Å². The molecule has 0 aliphatic carbocycles. The van der Waals surface area contributed by atoms with Crippen molar-refractivity contribution in [3.63, 3.8) is 0 Å². The van der Waals surface area contributed by atoms with Crippen LogP contribution in [0, 0.1) is 0 Å². The summed E-state index contributed by atoms with van der Waals surface area (Å²) in [7, 11) is -1.58. The Kier molecular flexibility index (Phi) is 2.66. The van der Waals surface area contributed by atoms with Crippen molar-refractivity contribution >= 4 is 11.0 Å². The van der Waals surface area contributed by atoms with Crippen molar-refractivity contribution in [2.45, 2.75) is 4.90 Å². The van der Waals surface area contributed by atoms with Gasteiger partial charge in [0.25, 0.3) is 0 Å². The van der Waals surface area contributed by atoms with Gasteiger partial charge in [-0.3, -0.25) is 0 Å². The van der Waals surface area contributed by atoms with Crippen LogP contribution in [0.1, 0.15) is 0 Å². The minimum atomic E-state index is -1.58. The van der Waals surface area contributed by atoms with E-state index in [1.165, 1.54) is 0 Å². The van der Waals surface area contributed by atoms with E-state index in [1.54, 1.807) is 30.3 Å². The first-order valence-corrected chi connectivity index (χ1v) is 3.97. The molecule has 0 aliphatic rings. The lowest BCUT2D eigenvalue weighted by Gasteiger charge is -1.90. The lowest BCUT2D eigenvalue weighted by molar-refractivity contribution is 0.684. The third kappa shape index (κ3) is 2.07. The average Bonchev–Trinajstić information content (AvgIpc) is 2.07. The molecular weight excluding hydrogens is 162 g/mol. The molecule has 0 N–H and O–H groups in total. The summed E-state index contributed by atoms with van der Waals surface area (Å²) >= 11 is 0. The zero-order valence-electron chi connectivity index (χ0n) is 5.54. The van der Waals surface area contributed by atoms with Crippen molar-refractivity contribution < 1.29 is 4.21 Å². The maximum Gasteiger partial charge on any atom is 0.144 e. The van der Waals surface area contributed by atoms with Gasteiger partial charge < -0.3 is 0 Å².